The van der Waals surface area contributed by atoms with Gasteiger partial charge in [-0.3, -0.25) is 0 Å². The average Bonchev–Trinajstić information content (AvgIpc) is 3.31. The lowest BCUT2D eigenvalue weighted by Gasteiger charge is -2.30. The second-order valence-electron chi connectivity index (χ2n) is 8.90. The Kier molecular flexibility index (Phi) is 6.27. The number of piperidine rings is 1. The molecule has 0 amide bonds. The van der Waals surface area contributed by atoms with Crippen molar-refractivity contribution in [3.8, 4) is 23.2 Å². The molecule has 4 heterocycles. The summed E-state index contributed by atoms with van der Waals surface area (Å²) in [6.45, 7) is 6.13. The highest BCUT2D eigenvalue weighted by atomic mass is 16.5. The molecule has 35 heavy (non-hydrogen) atoms. The van der Waals surface area contributed by atoms with E-state index in [4.69, 9.17) is 14.7 Å². The van der Waals surface area contributed by atoms with Crippen LogP contribution >= 0.6 is 0 Å². The van der Waals surface area contributed by atoms with Gasteiger partial charge in [-0.15, -0.1) is 10.2 Å². The Hall–Kier alpha value is -4.06. The summed E-state index contributed by atoms with van der Waals surface area (Å²) in [7, 11) is 1.92. The van der Waals surface area contributed by atoms with Gasteiger partial charge in [-0.05, 0) is 38.8 Å². The van der Waals surface area contributed by atoms with E-state index in [2.05, 4.69) is 26.2 Å². The van der Waals surface area contributed by atoms with Gasteiger partial charge < -0.3 is 14.2 Å². The van der Waals surface area contributed by atoms with Crippen LogP contribution in [0.4, 0.5) is 5.82 Å². The lowest BCUT2D eigenvalue weighted by Crippen LogP contribution is -2.34. The zero-order valence-electron chi connectivity index (χ0n) is 20.3. The summed E-state index contributed by atoms with van der Waals surface area (Å²) >= 11 is 0. The van der Waals surface area contributed by atoms with Crippen LogP contribution in [-0.2, 0) is 13.5 Å². The molecule has 3 aromatic heterocycles. The smallest absolute Gasteiger partial charge is 0.163 e. The number of anilines is 1. The van der Waals surface area contributed by atoms with Gasteiger partial charge in [-0.25, -0.2) is 15.0 Å². The van der Waals surface area contributed by atoms with E-state index in [0.29, 0.717) is 18.9 Å². The van der Waals surface area contributed by atoms with Crippen LogP contribution in [0.2, 0.25) is 0 Å². The zero-order valence-corrected chi connectivity index (χ0v) is 20.3. The number of nitrogens with zero attached hydrogens (tertiary/aromatic N) is 8. The molecule has 0 radical (unpaired) electrons. The number of benzene rings is 1. The molecule has 4 aromatic rings. The lowest BCUT2D eigenvalue weighted by atomic mass is 9.98. The summed E-state index contributed by atoms with van der Waals surface area (Å²) < 4.78 is 7.85. The fraction of sp³-hybridized carbons (Fsp3) is 0.385. The fourth-order valence-corrected chi connectivity index (χ4v) is 4.56. The molecule has 0 aliphatic carbocycles. The third kappa shape index (κ3) is 4.64. The molecule has 0 unspecified atom stereocenters. The number of hydrogen-bond donors (Lipinski definition) is 0. The molecule has 178 valence electrons. The van der Waals surface area contributed by atoms with Crippen LogP contribution in [0, 0.1) is 24.2 Å². The molecule has 1 fully saturated rings. The molecule has 1 saturated heterocycles. The minimum atomic E-state index is 0.119. The Bertz CT molecular complexity index is 1400. The van der Waals surface area contributed by atoms with E-state index in [9.17, 15) is 5.26 Å². The van der Waals surface area contributed by atoms with Crippen LogP contribution in [0.5, 0.6) is 5.75 Å². The van der Waals surface area contributed by atoms with Gasteiger partial charge in [-0.2, -0.15) is 5.26 Å². The maximum absolute atomic E-state index is 9.26. The third-order valence-corrected chi connectivity index (χ3v) is 6.39. The van der Waals surface area contributed by atoms with Crippen LogP contribution in [-0.4, -0.2) is 49.4 Å². The highest BCUT2D eigenvalue weighted by Gasteiger charge is 2.22. The lowest BCUT2D eigenvalue weighted by molar-refractivity contribution is 0.337. The van der Waals surface area contributed by atoms with Gasteiger partial charge in [0, 0.05) is 60.9 Å². The molecular weight excluding hydrogens is 440 g/mol. The van der Waals surface area contributed by atoms with Crippen molar-refractivity contribution < 1.29 is 4.74 Å². The molecular formula is C26H28N8O. The molecule has 9 nitrogen and oxygen atoms in total. The van der Waals surface area contributed by atoms with Crippen LogP contribution in [0.3, 0.4) is 0 Å². The Labute approximate surface area is 204 Å². The fourth-order valence-electron chi connectivity index (χ4n) is 4.56. The van der Waals surface area contributed by atoms with Crippen LogP contribution in [0.15, 0.2) is 36.8 Å². The maximum Gasteiger partial charge on any atom is 0.163 e. The summed E-state index contributed by atoms with van der Waals surface area (Å²) in [4.78, 5) is 16.7. The predicted octanol–water partition coefficient (Wildman–Crippen LogP) is 3.86. The highest BCUT2D eigenvalue weighted by molar-refractivity contribution is 5.88. The zero-order chi connectivity index (χ0) is 24.4. The number of nitriles is 1. The van der Waals surface area contributed by atoms with E-state index in [-0.39, 0.29) is 5.92 Å². The van der Waals surface area contributed by atoms with Gasteiger partial charge in [0.1, 0.15) is 23.4 Å². The Balaban J connectivity index is 1.48. The van der Waals surface area contributed by atoms with E-state index in [1.165, 1.54) is 0 Å². The van der Waals surface area contributed by atoms with Crippen molar-refractivity contribution in [3.63, 3.8) is 0 Å². The van der Waals surface area contributed by atoms with Gasteiger partial charge in [0.15, 0.2) is 11.6 Å². The van der Waals surface area contributed by atoms with Crippen molar-refractivity contribution in [1.29, 1.82) is 5.26 Å². The molecule has 0 saturated carbocycles. The van der Waals surface area contributed by atoms with Gasteiger partial charge in [-0.1, -0.05) is 12.1 Å². The summed E-state index contributed by atoms with van der Waals surface area (Å²) in [6.07, 6.45) is 5.80. The second-order valence-corrected chi connectivity index (χ2v) is 8.90. The van der Waals surface area contributed by atoms with Crippen molar-refractivity contribution in [3.05, 3.63) is 53.9 Å². The van der Waals surface area contributed by atoms with E-state index < -0.39 is 0 Å². The molecule has 0 atom stereocenters. The predicted molar refractivity (Wildman–Crippen MR) is 133 cm³/mol. The molecule has 0 spiro atoms. The number of aryl methyl sites for hydroxylation is 2. The average molecular weight is 469 g/mol. The van der Waals surface area contributed by atoms with Crippen LogP contribution in [0.25, 0.3) is 22.3 Å². The second kappa shape index (κ2) is 9.66. The minimum absolute atomic E-state index is 0.119. The van der Waals surface area contributed by atoms with E-state index in [0.717, 1.165) is 71.0 Å². The monoisotopic (exact) mass is 468 g/mol. The van der Waals surface area contributed by atoms with Gasteiger partial charge in [0.2, 0.25) is 0 Å². The van der Waals surface area contributed by atoms with Gasteiger partial charge in [0.25, 0.3) is 0 Å². The van der Waals surface area contributed by atoms with Crippen LogP contribution in [0.1, 0.15) is 36.8 Å². The summed E-state index contributed by atoms with van der Waals surface area (Å²) in [5.41, 5.74) is 3.74. The van der Waals surface area contributed by atoms with E-state index in [1.54, 1.807) is 6.33 Å². The molecule has 1 aliphatic rings. The first kappa shape index (κ1) is 22.7. The normalized spacial score (nSPS) is 14.3. The molecule has 0 N–H and O–H groups in total. The quantitative estimate of drug-likeness (QED) is 0.420. The van der Waals surface area contributed by atoms with Crippen molar-refractivity contribution in [2.24, 2.45) is 13.0 Å². The SMILES string of the molecule is CCOc1cc(-c2nncn2C)ccc1Cc1ncc2cc(C)nc(N3CCC(C#N)CC3)c2n1. The number of pyridine rings is 1. The summed E-state index contributed by atoms with van der Waals surface area (Å²) in [5.74, 6) is 3.28. The Morgan fingerprint density at radius 1 is 1.17 bits per heavy atom. The minimum Gasteiger partial charge on any atom is -0.494 e. The van der Waals surface area contributed by atoms with E-state index >= 15 is 0 Å². The largest absolute Gasteiger partial charge is 0.494 e. The Morgan fingerprint density at radius 2 is 2.00 bits per heavy atom. The summed E-state index contributed by atoms with van der Waals surface area (Å²) in [5, 5.41) is 18.4. The topological polar surface area (TPSA) is 106 Å². The Morgan fingerprint density at radius 3 is 2.71 bits per heavy atom. The maximum atomic E-state index is 9.26. The van der Waals surface area contributed by atoms with Crippen molar-refractivity contribution in [2.45, 2.75) is 33.1 Å². The standard InChI is InChI=1S/C26H28N8O/c1-4-35-22-12-20(25-32-29-16-33(25)3)6-5-19(22)13-23-28-15-21-11-17(2)30-26(24(21)31-23)34-9-7-18(14-27)8-10-34/h5-6,11-12,15-16,18H,4,7-10,13H2,1-3H3. The highest BCUT2D eigenvalue weighted by Crippen LogP contribution is 2.30. The molecule has 0 bridgehead atoms. The first-order valence-electron chi connectivity index (χ1n) is 11.9. The first-order chi connectivity index (χ1) is 17.1. The summed E-state index contributed by atoms with van der Waals surface area (Å²) in [6, 6.07) is 10.5. The first-order valence-corrected chi connectivity index (χ1v) is 11.9. The number of ether oxygens (including phenoxy) is 1. The molecule has 1 aliphatic heterocycles. The molecule has 5 rings (SSSR count). The molecule has 9 heteroatoms. The van der Waals surface area contributed by atoms with Crippen LogP contribution < -0.4 is 9.64 Å². The number of hydrogen-bond acceptors (Lipinski definition) is 8. The number of aromatic nitrogens is 6. The molecule has 1 aromatic carbocycles. The number of rotatable bonds is 6. The van der Waals surface area contributed by atoms with Crippen molar-refractivity contribution >= 4 is 16.7 Å². The van der Waals surface area contributed by atoms with Crippen molar-refractivity contribution in [2.75, 3.05) is 24.6 Å². The van der Waals surface area contributed by atoms with Gasteiger partial charge >= 0.3 is 0 Å². The van der Waals surface area contributed by atoms with Gasteiger partial charge in [0.05, 0.1) is 12.7 Å². The van der Waals surface area contributed by atoms with Crippen molar-refractivity contribution in [1.82, 2.24) is 29.7 Å². The third-order valence-electron chi connectivity index (χ3n) is 6.39. The van der Waals surface area contributed by atoms with E-state index in [1.807, 2.05) is 55.9 Å². The number of fused-ring (bicyclic) bond motifs is 1.